The number of anilines is 2. The second kappa shape index (κ2) is 7.70. The highest BCUT2D eigenvalue weighted by Gasteiger charge is 2.19. The Kier molecular flexibility index (Phi) is 5.37. The van der Waals surface area contributed by atoms with Crippen molar-refractivity contribution in [1.29, 1.82) is 0 Å². The number of nitrogens with one attached hydrogen (secondary N) is 1. The fourth-order valence-corrected chi connectivity index (χ4v) is 3.42. The molecular weight excluding hydrogens is 346 g/mol. The zero-order valence-electron chi connectivity index (χ0n) is 15.5. The number of hydrogen-bond donors (Lipinski definition) is 1. The van der Waals surface area contributed by atoms with Crippen LogP contribution in [0.3, 0.4) is 0 Å². The van der Waals surface area contributed by atoms with Crippen LogP contribution >= 0.6 is 11.3 Å². The molecule has 1 amide bonds. The Hall–Kier alpha value is -2.67. The largest absolute Gasteiger partial charge is 0.338 e. The normalized spacial score (nSPS) is 10.8. The van der Waals surface area contributed by atoms with Gasteiger partial charge in [0, 0.05) is 31.2 Å². The number of hydrogen-bond acceptors (Lipinski definition) is 5. The highest BCUT2D eigenvalue weighted by molar-refractivity contribution is 7.14. The second-order valence-electron chi connectivity index (χ2n) is 6.04. The molecule has 0 aliphatic heterocycles. The van der Waals surface area contributed by atoms with E-state index in [1.165, 1.54) is 16.9 Å². The van der Waals surface area contributed by atoms with E-state index in [0.717, 1.165) is 22.2 Å². The molecule has 3 rings (SSSR count). The summed E-state index contributed by atoms with van der Waals surface area (Å²) < 4.78 is 1.71. The van der Waals surface area contributed by atoms with Gasteiger partial charge in [0.1, 0.15) is 5.69 Å². The van der Waals surface area contributed by atoms with Crippen molar-refractivity contribution in [3.63, 3.8) is 0 Å². The molecular formula is C19H23N5OS. The van der Waals surface area contributed by atoms with Gasteiger partial charge >= 0.3 is 0 Å². The highest BCUT2D eigenvalue weighted by atomic mass is 32.1. The molecule has 0 aliphatic rings. The molecule has 2 heterocycles. The Morgan fingerprint density at radius 1 is 1.23 bits per heavy atom. The van der Waals surface area contributed by atoms with Crippen molar-refractivity contribution in [3.05, 3.63) is 47.0 Å². The first kappa shape index (κ1) is 18.1. The minimum absolute atomic E-state index is 0.0508. The van der Waals surface area contributed by atoms with E-state index in [9.17, 15) is 4.79 Å². The molecule has 0 bridgehead atoms. The van der Waals surface area contributed by atoms with Crippen molar-refractivity contribution in [2.24, 2.45) is 7.05 Å². The van der Waals surface area contributed by atoms with Gasteiger partial charge in [-0.3, -0.25) is 9.48 Å². The van der Waals surface area contributed by atoms with Crippen molar-refractivity contribution in [3.8, 4) is 11.4 Å². The molecule has 3 aromatic rings. The van der Waals surface area contributed by atoms with Gasteiger partial charge in [-0.1, -0.05) is 17.7 Å². The third-order valence-electron chi connectivity index (χ3n) is 4.22. The van der Waals surface area contributed by atoms with Crippen molar-refractivity contribution in [2.45, 2.75) is 20.8 Å². The predicted octanol–water partition coefficient (Wildman–Crippen LogP) is 4.08. The molecule has 0 spiro atoms. The first-order chi connectivity index (χ1) is 12.5. The van der Waals surface area contributed by atoms with Crippen LogP contribution in [0, 0.1) is 6.92 Å². The van der Waals surface area contributed by atoms with Crippen molar-refractivity contribution in [2.75, 3.05) is 18.4 Å². The molecule has 26 heavy (non-hydrogen) atoms. The van der Waals surface area contributed by atoms with Crippen LogP contribution in [0.4, 0.5) is 10.8 Å². The van der Waals surface area contributed by atoms with Crippen LogP contribution < -0.4 is 5.32 Å². The summed E-state index contributed by atoms with van der Waals surface area (Å²) >= 11 is 1.53. The van der Waals surface area contributed by atoms with E-state index in [0.29, 0.717) is 18.8 Å². The lowest BCUT2D eigenvalue weighted by Gasteiger charge is -2.16. The molecule has 0 atom stereocenters. The molecule has 0 saturated heterocycles. The van der Waals surface area contributed by atoms with E-state index in [4.69, 9.17) is 0 Å². The molecule has 0 radical (unpaired) electrons. The molecule has 7 heteroatoms. The number of nitrogens with zero attached hydrogens (tertiary/aromatic N) is 4. The van der Waals surface area contributed by atoms with Gasteiger partial charge < -0.3 is 10.2 Å². The Labute approximate surface area is 157 Å². The number of carbonyl (C=O) groups excluding carboxylic acids is 1. The minimum atomic E-state index is -0.0508. The van der Waals surface area contributed by atoms with Gasteiger partial charge in [0.05, 0.1) is 5.69 Å². The average Bonchev–Trinajstić information content (AvgIpc) is 3.24. The number of thiazole rings is 1. The highest BCUT2D eigenvalue weighted by Crippen LogP contribution is 2.27. The second-order valence-corrected chi connectivity index (χ2v) is 6.90. The SMILES string of the molecule is CCN(CC)C(=O)c1cc(-c2csc(Nc3ccc(C)cc3)n2)n(C)n1. The summed E-state index contributed by atoms with van der Waals surface area (Å²) in [7, 11) is 1.83. The number of amides is 1. The first-order valence-electron chi connectivity index (χ1n) is 8.64. The molecule has 2 aromatic heterocycles. The van der Waals surface area contributed by atoms with Gasteiger partial charge in [0.2, 0.25) is 0 Å². The monoisotopic (exact) mass is 369 g/mol. The Morgan fingerprint density at radius 3 is 2.58 bits per heavy atom. The van der Waals surface area contributed by atoms with Gasteiger partial charge in [0.15, 0.2) is 10.8 Å². The standard InChI is InChI=1S/C19H23N5OS/c1-5-24(6-2)18(25)15-11-17(23(4)22-15)16-12-26-19(21-16)20-14-9-7-13(3)8-10-14/h7-12H,5-6H2,1-4H3,(H,20,21). The molecule has 1 N–H and O–H groups in total. The van der Waals surface area contributed by atoms with Crippen LogP contribution in [0.25, 0.3) is 11.4 Å². The average molecular weight is 369 g/mol. The molecule has 0 aliphatic carbocycles. The lowest BCUT2D eigenvalue weighted by Crippen LogP contribution is -2.30. The number of aromatic nitrogens is 3. The fraction of sp³-hybridized carbons (Fsp3) is 0.316. The van der Waals surface area contributed by atoms with Crippen molar-refractivity contribution < 1.29 is 4.79 Å². The molecule has 136 valence electrons. The molecule has 6 nitrogen and oxygen atoms in total. The lowest BCUT2D eigenvalue weighted by molar-refractivity contribution is 0.0766. The smallest absolute Gasteiger partial charge is 0.274 e. The Morgan fingerprint density at radius 2 is 1.92 bits per heavy atom. The van der Waals surface area contributed by atoms with Crippen molar-refractivity contribution in [1.82, 2.24) is 19.7 Å². The van der Waals surface area contributed by atoms with E-state index in [-0.39, 0.29) is 5.91 Å². The first-order valence-corrected chi connectivity index (χ1v) is 9.52. The third-order valence-corrected chi connectivity index (χ3v) is 4.98. The van der Waals surface area contributed by atoms with E-state index < -0.39 is 0 Å². The summed E-state index contributed by atoms with van der Waals surface area (Å²) in [6.45, 7) is 7.33. The van der Waals surface area contributed by atoms with Crippen LogP contribution in [0.2, 0.25) is 0 Å². The van der Waals surface area contributed by atoms with E-state index in [1.807, 2.05) is 44.5 Å². The van der Waals surface area contributed by atoms with Crippen LogP contribution in [0.5, 0.6) is 0 Å². The zero-order valence-corrected chi connectivity index (χ0v) is 16.3. The van der Waals surface area contributed by atoms with E-state index in [1.54, 1.807) is 9.58 Å². The molecule has 0 fully saturated rings. The Bertz CT molecular complexity index is 893. The molecule has 1 aromatic carbocycles. The van der Waals surface area contributed by atoms with Gasteiger partial charge in [-0.15, -0.1) is 11.3 Å². The van der Waals surface area contributed by atoms with Gasteiger partial charge in [0.25, 0.3) is 5.91 Å². The third kappa shape index (κ3) is 3.77. The summed E-state index contributed by atoms with van der Waals surface area (Å²) in [6, 6.07) is 9.99. The summed E-state index contributed by atoms with van der Waals surface area (Å²) in [4.78, 5) is 18.9. The molecule has 0 unspecified atom stereocenters. The van der Waals surface area contributed by atoms with Crippen LogP contribution in [0.15, 0.2) is 35.7 Å². The summed E-state index contributed by atoms with van der Waals surface area (Å²) in [6.07, 6.45) is 0. The summed E-state index contributed by atoms with van der Waals surface area (Å²) in [5.74, 6) is -0.0508. The van der Waals surface area contributed by atoms with Gasteiger partial charge in [-0.05, 0) is 39.0 Å². The minimum Gasteiger partial charge on any atom is -0.338 e. The topological polar surface area (TPSA) is 63.1 Å². The summed E-state index contributed by atoms with van der Waals surface area (Å²) in [5.41, 5.74) is 4.30. The fourth-order valence-electron chi connectivity index (χ4n) is 2.69. The van der Waals surface area contributed by atoms with Crippen LogP contribution in [-0.2, 0) is 7.05 Å². The van der Waals surface area contributed by atoms with E-state index in [2.05, 4.69) is 34.5 Å². The van der Waals surface area contributed by atoms with Crippen molar-refractivity contribution >= 4 is 28.1 Å². The maximum Gasteiger partial charge on any atom is 0.274 e. The maximum absolute atomic E-state index is 12.5. The van der Waals surface area contributed by atoms with Crippen LogP contribution in [0.1, 0.15) is 29.9 Å². The maximum atomic E-state index is 12.5. The van der Waals surface area contributed by atoms with E-state index >= 15 is 0 Å². The number of benzene rings is 1. The lowest BCUT2D eigenvalue weighted by atomic mass is 10.2. The number of rotatable bonds is 6. The predicted molar refractivity (Wildman–Crippen MR) is 106 cm³/mol. The number of carbonyl (C=O) groups is 1. The van der Waals surface area contributed by atoms with Gasteiger partial charge in [-0.25, -0.2) is 4.98 Å². The quantitative estimate of drug-likeness (QED) is 0.711. The summed E-state index contributed by atoms with van der Waals surface area (Å²) in [5, 5.41) is 10.5. The number of aryl methyl sites for hydroxylation is 2. The zero-order chi connectivity index (χ0) is 18.7. The van der Waals surface area contributed by atoms with Gasteiger partial charge in [-0.2, -0.15) is 5.10 Å². The van der Waals surface area contributed by atoms with Crippen LogP contribution in [-0.4, -0.2) is 38.7 Å². The molecule has 0 saturated carbocycles. The Balaban J connectivity index is 1.81.